The molecule has 1 aliphatic carbocycles. The zero-order chi connectivity index (χ0) is 11.5. The lowest BCUT2D eigenvalue weighted by Crippen LogP contribution is -2.04. The zero-order valence-electron chi connectivity index (χ0n) is 8.84. The lowest BCUT2D eigenvalue weighted by atomic mass is 9.98. The van der Waals surface area contributed by atoms with Gasteiger partial charge in [0.05, 0.1) is 5.02 Å². The average molecular weight is 242 g/mol. The molecule has 16 heavy (non-hydrogen) atoms. The molecular weight excluding hydrogens is 229 g/mol. The van der Waals surface area contributed by atoms with Gasteiger partial charge >= 0.3 is 0 Å². The number of halogens is 2. The van der Waals surface area contributed by atoms with Crippen LogP contribution >= 0.6 is 11.6 Å². The van der Waals surface area contributed by atoms with E-state index in [1.165, 1.54) is 12.5 Å². The van der Waals surface area contributed by atoms with Gasteiger partial charge in [-0.3, -0.25) is 4.99 Å². The summed E-state index contributed by atoms with van der Waals surface area (Å²) in [5.41, 5.74) is 1.19. The first-order chi connectivity index (χ1) is 7.66. The van der Waals surface area contributed by atoms with Crippen LogP contribution in [-0.2, 0) is 0 Å². The number of rotatable bonds is 1. The van der Waals surface area contributed by atoms with Gasteiger partial charge < -0.3 is 5.11 Å². The molecule has 0 aromatic heterocycles. The highest BCUT2D eigenvalue weighted by Gasteiger charge is 2.10. The number of benzene rings is 1. The maximum atomic E-state index is 13.5. The molecule has 1 saturated carbocycles. The van der Waals surface area contributed by atoms with Gasteiger partial charge in [0.2, 0.25) is 0 Å². The molecule has 0 saturated heterocycles. The Hall–Kier alpha value is -1.09. The van der Waals surface area contributed by atoms with Crippen molar-refractivity contribution in [2.45, 2.75) is 32.1 Å². The smallest absolute Gasteiger partial charge is 0.150 e. The van der Waals surface area contributed by atoms with Gasteiger partial charge in [0.1, 0.15) is 11.4 Å². The Bertz CT molecular complexity index is 423. The fourth-order valence-corrected chi connectivity index (χ4v) is 2.00. The number of aliphatic imine (C=N–C) groups is 1. The van der Waals surface area contributed by atoms with Crippen LogP contribution in [0.4, 0.5) is 10.1 Å². The van der Waals surface area contributed by atoms with E-state index in [1.54, 1.807) is 0 Å². The fourth-order valence-electron chi connectivity index (χ4n) is 1.85. The summed E-state index contributed by atoms with van der Waals surface area (Å²) in [5, 5.41) is 9.40. The van der Waals surface area contributed by atoms with Gasteiger partial charge in [-0.2, -0.15) is 0 Å². The van der Waals surface area contributed by atoms with Crippen LogP contribution in [0, 0.1) is 5.82 Å². The molecule has 1 aromatic carbocycles. The van der Waals surface area contributed by atoms with E-state index in [-0.39, 0.29) is 16.5 Å². The van der Waals surface area contributed by atoms with Gasteiger partial charge in [0, 0.05) is 11.8 Å². The highest BCUT2D eigenvalue weighted by atomic mass is 35.5. The largest absolute Gasteiger partial charge is 0.506 e. The molecule has 86 valence electrons. The van der Waals surface area contributed by atoms with Gasteiger partial charge in [-0.05, 0) is 31.7 Å². The molecule has 0 aliphatic heterocycles. The minimum Gasteiger partial charge on any atom is -0.506 e. The van der Waals surface area contributed by atoms with Crippen LogP contribution < -0.4 is 0 Å². The zero-order valence-corrected chi connectivity index (χ0v) is 9.60. The molecule has 0 unspecified atom stereocenters. The Morgan fingerprint density at radius 2 is 1.88 bits per heavy atom. The second-order valence-corrected chi connectivity index (χ2v) is 4.40. The maximum absolute atomic E-state index is 13.5. The van der Waals surface area contributed by atoms with Gasteiger partial charge in [-0.1, -0.05) is 18.0 Å². The first-order valence-electron chi connectivity index (χ1n) is 5.41. The van der Waals surface area contributed by atoms with Crippen molar-refractivity contribution < 1.29 is 9.50 Å². The van der Waals surface area contributed by atoms with Crippen molar-refractivity contribution in [3.05, 3.63) is 23.0 Å². The molecule has 0 radical (unpaired) electrons. The minimum atomic E-state index is -0.485. The number of aromatic hydroxyl groups is 1. The second-order valence-electron chi connectivity index (χ2n) is 3.99. The van der Waals surface area contributed by atoms with Gasteiger partial charge in [0.25, 0.3) is 0 Å². The molecule has 0 heterocycles. The standard InChI is InChI=1S/C12H13ClFNO/c13-9-6-10(14)11(7-12(9)16)15-8-4-2-1-3-5-8/h6-7,16H,1-5H2. The number of nitrogens with zero attached hydrogens (tertiary/aromatic N) is 1. The first-order valence-corrected chi connectivity index (χ1v) is 5.79. The molecule has 1 aromatic rings. The van der Waals surface area contributed by atoms with E-state index < -0.39 is 5.82 Å². The molecule has 1 aliphatic rings. The lowest BCUT2D eigenvalue weighted by molar-refractivity contribution is 0.474. The lowest BCUT2D eigenvalue weighted by Gasteiger charge is -2.12. The third-order valence-electron chi connectivity index (χ3n) is 2.73. The van der Waals surface area contributed by atoms with E-state index in [4.69, 9.17) is 11.6 Å². The highest BCUT2D eigenvalue weighted by molar-refractivity contribution is 6.32. The predicted molar refractivity (Wildman–Crippen MR) is 63.3 cm³/mol. The minimum absolute atomic E-state index is 0.0186. The Morgan fingerprint density at radius 3 is 2.56 bits per heavy atom. The van der Waals surface area contributed by atoms with E-state index in [2.05, 4.69) is 4.99 Å². The van der Waals surface area contributed by atoms with Crippen LogP contribution in [0.5, 0.6) is 5.75 Å². The highest BCUT2D eigenvalue weighted by Crippen LogP contribution is 2.31. The van der Waals surface area contributed by atoms with E-state index >= 15 is 0 Å². The van der Waals surface area contributed by atoms with E-state index in [0.29, 0.717) is 0 Å². The van der Waals surface area contributed by atoms with Crippen molar-refractivity contribution in [3.63, 3.8) is 0 Å². The number of hydrogen-bond acceptors (Lipinski definition) is 2. The molecule has 0 atom stereocenters. The molecule has 0 amide bonds. The Balaban J connectivity index is 2.29. The van der Waals surface area contributed by atoms with Crippen LogP contribution in [0.25, 0.3) is 0 Å². The molecule has 1 fully saturated rings. The van der Waals surface area contributed by atoms with Crippen molar-refractivity contribution in [2.75, 3.05) is 0 Å². The summed E-state index contributed by atoms with van der Waals surface area (Å²) in [5.74, 6) is -0.612. The maximum Gasteiger partial charge on any atom is 0.150 e. The van der Waals surface area contributed by atoms with Crippen molar-refractivity contribution in [3.8, 4) is 5.75 Å². The third-order valence-corrected chi connectivity index (χ3v) is 3.03. The molecule has 1 N–H and O–H groups in total. The summed E-state index contributed by atoms with van der Waals surface area (Å²) in [7, 11) is 0. The Kier molecular flexibility index (Phi) is 3.44. The summed E-state index contributed by atoms with van der Waals surface area (Å²) < 4.78 is 13.5. The molecule has 0 spiro atoms. The molecule has 2 rings (SSSR count). The number of phenols is 1. The molecular formula is C12H13ClFNO. The van der Waals surface area contributed by atoms with Gasteiger partial charge in [-0.15, -0.1) is 0 Å². The van der Waals surface area contributed by atoms with Crippen molar-refractivity contribution in [1.29, 1.82) is 0 Å². The van der Waals surface area contributed by atoms with Crippen LogP contribution in [0.3, 0.4) is 0 Å². The number of phenolic OH excluding ortho intramolecular Hbond substituents is 1. The Morgan fingerprint density at radius 1 is 1.19 bits per heavy atom. The summed E-state index contributed by atoms with van der Waals surface area (Å²) in [6.07, 6.45) is 5.28. The fraction of sp³-hybridized carbons (Fsp3) is 0.417. The van der Waals surface area contributed by atoms with Gasteiger partial charge in [-0.25, -0.2) is 4.39 Å². The van der Waals surface area contributed by atoms with Crippen molar-refractivity contribution >= 4 is 23.0 Å². The summed E-state index contributed by atoms with van der Waals surface area (Å²) in [4.78, 5) is 4.24. The molecule has 4 heteroatoms. The topological polar surface area (TPSA) is 32.6 Å². The van der Waals surface area contributed by atoms with Gasteiger partial charge in [0.15, 0.2) is 5.82 Å². The van der Waals surface area contributed by atoms with Crippen molar-refractivity contribution in [2.24, 2.45) is 4.99 Å². The van der Waals surface area contributed by atoms with Crippen LogP contribution in [0.1, 0.15) is 32.1 Å². The molecule has 0 bridgehead atoms. The average Bonchev–Trinajstić information content (AvgIpc) is 2.27. The Labute approximate surface area is 98.8 Å². The van der Waals surface area contributed by atoms with E-state index in [1.807, 2.05) is 0 Å². The monoisotopic (exact) mass is 241 g/mol. The predicted octanol–water partition coefficient (Wildman–Crippen LogP) is 4.22. The third kappa shape index (κ3) is 2.53. The summed E-state index contributed by atoms with van der Waals surface area (Å²) in [6.45, 7) is 0. The normalized spacial score (nSPS) is 16.2. The summed E-state index contributed by atoms with van der Waals surface area (Å²) in [6, 6.07) is 2.37. The van der Waals surface area contributed by atoms with E-state index in [9.17, 15) is 9.50 Å². The quantitative estimate of drug-likeness (QED) is 0.784. The van der Waals surface area contributed by atoms with E-state index in [0.717, 1.165) is 37.5 Å². The SMILES string of the molecule is Oc1cc(N=C2CCCCC2)c(F)cc1Cl. The van der Waals surface area contributed by atoms with Crippen LogP contribution in [0.15, 0.2) is 17.1 Å². The van der Waals surface area contributed by atoms with Crippen molar-refractivity contribution in [1.82, 2.24) is 0 Å². The molecule has 2 nitrogen and oxygen atoms in total. The number of hydrogen-bond donors (Lipinski definition) is 1. The summed E-state index contributed by atoms with van der Waals surface area (Å²) >= 11 is 5.59. The second kappa shape index (κ2) is 4.83. The van der Waals surface area contributed by atoms with Crippen LogP contribution in [0.2, 0.25) is 5.02 Å². The van der Waals surface area contributed by atoms with Crippen LogP contribution in [-0.4, -0.2) is 10.8 Å². The first kappa shape index (κ1) is 11.4.